The van der Waals surface area contributed by atoms with E-state index in [-0.39, 0.29) is 21.2 Å². The molecule has 1 aliphatic rings. The van der Waals surface area contributed by atoms with Crippen molar-refractivity contribution in [1.29, 1.82) is 0 Å². The summed E-state index contributed by atoms with van der Waals surface area (Å²) in [5, 5.41) is -0.815. The van der Waals surface area contributed by atoms with Gasteiger partial charge in [-0.3, -0.25) is 9.59 Å². The maximum atomic E-state index is 11.8. The lowest BCUT2D eigenvalue weighted by atomic mass is 10.2. The quantitative estimate of drug-likeness (QED) is 0.794. The lowest BCUT2D eigenvalue weighted by Gasteiger charge is -2.08. The normalized spacial score (nSPS) is 17.6. The number of thioether (sulfide) groups is 1. The minimum atomic E-state index is -3.99. The molecule has 0 saturated carbocycles. The van der Waals surface area contributed by atoms with Crippen LogP contribution in [0.15, 0.2) is 21.9 Å². The largest absolute Gasteiger partial charge is 0.276 e. The van der Waals surface area contributed by atoms with E-state index >= 15 is 0 Å². The van der Waals surface area contributed by atoms with Crippen molar-refractivity contribution in [2.45, 2.75) is 9.79 Å². The third-order valence-corrected chi connectivity index (χ3v) is 5.26. The first-order chi connectivity index (χ1) is 8.31. The molecule has 1 aromatic rings. The van der Waals surface area contributed by atoms with E-state index in [0.717, 1.165) is 17.8 Å². The van der Waals surface area contributed by atoms with Crippen molar-refractivity contribution in [1.82, 2.24) is 4.72 Å². The summed E-state index contributed by atoms with van der Waals surface area (Å²) in [4.78, 5) is 22.5. The SMILES string of the molecule is O=C1CSc2cc(Cl)c(C(=O)Cl)cc2S(=O)(=O)N1. The summed E-state index contributed by atoms with van der Waals surface area (Å²) in [5.74, 6) is -0.678. The summed E-state index contributed by atoms with van der Waals surface area (Å²) in [5.41, 5.74) is -0.114. The molecule has 5 nitrogen and oxygen atoms in total. The molecule has 0 spiro atoms. The van der Waals surface area contributed by atoms with Gasteiger partial charge in [-0.25, -0.2) is 13.1 Å². The molecule has 18 heavy (non-hydrogen) atoms. The van der Waals surface area contributed by atoms with Crippen LogP contribution in [0, 0.1) is 0 Å². The van der Waals surface area contributed by atoms with Gasteiger partial charge in [0.25, 0.3) is 15.3 Å². The highest BCUT2D eigenvalue weighted by Gasteiger charge is 2.28. The average molecular weight is 326 g/mol. The van der Waals surface area contributed by atoms with Crippen LogP contribution in [-0.4, -0.2) is 25.3 Å². The molecule has 1 aromatic carbocycles. The standard InChI is InChI=1S/C9H5Cl2NO4S2/c10-5-2-6-7(1-4(5)9(11)14)18(15,16)12-8(13)3-17-6/h1-2H,3H2,(H,12,13). The van der Waals surface area contributed by atoms with Crippen LogP contribution in [0.3, 0.4) is 0 Å². The molecule has 0 fully saturated rings. The summed E-state index contributed by atoms with van der Waals surface area (Å²) in [7, 11) is -3.99. The zero-order valence-corrected chi connectivity index (χ0v) is 11.7. The molecule has 0 atom stereocenters. The van der Waals surface area contributed by atoms with Crippen molar-refractivity contribution in [3.8, 4) is 0 Å². The zero-order chi connectivity index (χ0) is 13.5. The van der Waals surface area contributed by atoms with Gasteiger partial charge in [0.15, 0.2) is 0 Å². The van der Waals surface area contributed by atoms with Gasteiger partial charge in [-0.1, -0.05) is 11.6 Å². The van der Waals surface area contributed by atoms with E-state index in [4.69, 9.17) is 23.2 Å². The van der Waals surface area contributed by atoms with Crippen molar-refractivity contribution in [2.24, 2.45) is 0 Å². The van der Waals surface area contributed by atoms with Gasteiger partial charge >= 0.3 is 0 Å². The van der Waals surface area contributed by atoms with Gasteiger partial charge in [0.05, 0.1) is 16.3 Å². The van der Waals surface area contributed by atoms with E-state index in [9.17, 15) is 18.0 Å². The molecular formula is C9H5Cl2NO4S2. The number of rotatable bonds is 1. The number of hydrogen-bond acceptors (Lipinski definition) is 5. The fourth-order valence-electron chi connectivity index (χ4n) is 1.39. The predicted octanol–water partition coefficient (Wildman–Crippen LogP) is 1.63. The Labute approximate surface area is 117 Å². The number of halogens is 2. The van der Waals surface area contributed by atoms with Gasteiger partial charge < -0.3 is 0 Å². The van der Waals surface area contributed by atoms with E-state index in [0.29, 0.717) is 4.90 Å². The third kappa shape index (κ3) is 2.49. The Morgan fingerprint density at radius 1 is 1.39 bits per heavy atom. The highest BCUT2D eigenvalue weighted by Crippen LogP contribution is 2.34. The molecule has 1 amide bonds. The first-order valence-corrected chi connectivity index (χ1v) is 7.75. The number of carbonyl (C=O) groups excluding carboxylic acids is 2. The van der Waals surface area contributed by atoms with E-state index in [1.54, 1.807) is 0 Å². The topological polar surface area (TPSA) is 80.3 Å². The number of hydrogen-bond donors (Lipinski definition) is 1. The second kappa shape index (κ2) is 4.73. The maximum Gasteiger partial charge on any atom is 0.265 e. The highest BCUT2D eigenvalue weighted by molar-refractivity contribution is 8.01. The average Bonchev–Trinajstić information content (AvgIpc) is 2.34. The molecular weight excluding hydrogens is 321 g/mol. The maximum absolute atomic E-state index is 11.8. The molecule has 0 aromatic heterocycles. The first kappa shape index (κ1) is 13.7. The van der Waals surface area contributed by atoms with Gasteiger partial charge in [-0.05, 0) is 23.7 Å². The van der Waals surface area contributed by atoms with Crippen molar-refractivity contribution in [3.63, 3.8) is 0 Å². The highest BCUT2D eigenvalue weighted by atomic mass is 35.5. The molecule has 0 aliphatic carbocycles. The molecule has 0 bridgehead atoms. The first-order valence-electron chi connectivity index (χ1n) is 4.53. The Morgan fingerprint density at radius 2 is 2.06 bits per heavy atom. The molecule has 0 saturated heterocycles. The molecule has 1 aliphatic heterocycles. The number of sulfonamides is 1. The lowest BCUT2D eigenvalue weighted by Crippen LogP contribution is -2.30. The van der Waals surface area contributed by atoms with Crippen LogP contribution in [0.1, 0.15) is 10.4 Å². The minimum absolute atomic E-state index is 0.0449. The molecule has 1 heterocycles. The Balaban J connectivity index is 2.71. The van der Waals surface area contributed by atoms with Gasteiger partial charge in [-0.15, -0.1) is 11.8 Å². The second-order valence-electron chi connectivity index (χ2n) is 3.37. The van der Waals surface area contributed by atoms with E-state index in [1.165, 1.54) is 6.07 Å². The fraction of sp³-hybridized carbons (Fsp3) is 0.111. The Bertz CT molecular complexity index is 657. The van der Waals surface area contributed by atoms with Crippen molar-refractivity contribution in [3.05, 3.63) is 22.7 Å². The summed E-state index contributed by atoms with van der Waals surface area (Å²) in [6.45, 7) is 0. The zero-order valence-electron chi connectivity index (χ0n) is 8.57. The fourth-order valence-corrected chi connectivity index (χ4v) is 4.34. The summed E-state index contributed by atoms with van der Waals surface area (Å²) < 4.78 is 25.6. The van der Waals surface area contributed by atoms with Crippen LogP contribution < -0.4 is 4.72 Å². The van der Waals surface area contributed by atoms with Gasteiger partial charge in [0.2, 0.25) is 5.91 Å². The molecule has 96 valence electrons. The van der Waals surface area contributed by atoms with Crippen LogP contribution in [0.4, 0.5) is 0 Å². The monoisotopic (exact) mass is 325 g/mol. The molecule has 2 rings (SSSR count). The number of amides is 1. The van der Waals surface area contributed by atoms with E-state index in [1.807, 2.05) is 4.72 Å². The second-order valence-corrected chi connectivity index (χ2v) is 6.79. The molecule has 0 radical (unpaired) electrons. The number of carbonyl (C=O) groups is 2. The van der Waals surface area contributed by atoms with Crippen LogP contribution in [0.2, 0.25) is 5.02 Å². The van der Waals surface area contributed by atoms with Crippen LogP contribution in [0.25, 0.3) is 0 Å². The molecule has 9 heteroatoms. The van der Waals surface area contributed by atoms with Gasteiger partial charge in [-0.2, -0.15) is 0 Å². The Morgan fingerprint density at radius 3 is 2.67 bits per heavy atom. The number of fused-ring (bicyclic) bond motifs is 1. The summed E-state index contributed by atoms with van der Waals surface area (Å²) in [6, 6.07) is 2.38. The van der Waals surface area contributed by atoms with Gasteiger partial charge in [0.1, 0.15) is 4.90 Å². The number of benzene rings is 1. The Hall–Kier alpha value is -0.760. The van der Waals surface area contributed by atoms with Crippen LogP contribution in [-0.2, 0) is 14.8 Å². The molecule has 0 unspecified atom stereocenters. The third-order valence-electron chi connectivity index (χ3n) is 2.14. The van der Waals surface area contributed by atoms with Gasteiger partial charge in [0, 0.05) is 4.90 Å². The van der Waals surface area contributed by atoms with Crippen molar-refractivity contribution < 1.29 is 18.0 Å². The molecule has 1 N–H and O–H groups in total. The summed E-state index contributed by atoms with van der Waals surface area (Å²) in [6.07, 6.45) is 0. The number of nitrogens with one attached hydrogen (secondary N) is 1. The summed E-state index contributed by atoms with van der Waals surface area (Å²) >= 11 is 12.1. The lowest BCUT2D eigenvalue weighted by molar-refractivity contribution is -0.116. The predicted molar refractivity (Wildman–Crippen MR) is 67.7 cm³/mol. The van der Waals surface area contributed by atoms with Crippen molar-refractivity contribution >= 4 is 56.1 Å². The van der Waals surface area contributed by atoms with E-state index in [2.05, 4.69) is 0 Å². The van der Waals surface area contributed by atoms with Crippen LogP contribution in [0.5, 0.6) is 0 Å². The van der Waals surface area contributed by atoms with Crippen molar-refractivity contribution in [2.75, 3.05) is 5.75 Å². The minimum Gasteiger partial charge on any atom is -0.276 e. The van der Waals surface area contributed by atoms with E-state index < -0.39 is 21.2 Å². The smallest absolute Gasteiger partial charge is 0.265 e. The van der Waals surface area contributed by atoms with Crippen LogP contribution >= 0.6 is 35.0 Å². The Kier molecular flexibility index (Phi) is 3.59.